The van der Waals surface area contributed by atoms with Crippen molar-refractivity contribution >= 4 is 44.8 Å². The molecular formula is C21H17BrN2O2S. The molecule has 3 aromatic rings. The maximum absolute atomic E-state index is 12.6. The highest BCUT2D eigenvalue weighted by Gasteiger charge is 2.22. The summed E-state index contributed by atoms with van der Waals surface area (Å²) in [5.41, 5.74) is 3.66. The van der Waals surface area contributed by atoms with Gasteiger partial charge in [0.2, 0.25) is 0 Å². The Morgan fingerprint density at radius 2 is 1.85 bits per heavy atom. The predicted octanol–water partition coefficient (Wildman–Crippen LogP) is 4.96. The van der Waals surface area contributed by atoms with Gasteiger partial charge in [-0.3, -0.25) is 9.59 Å². The number of carbonyl (C=O) groups is 2. The SMILES string of the molecule is O=C(Nc1ccc2c(c1)CN(C(=O)c1cccs1)CC2)c1ccc(Br)cc1. The Bertz CT molecular complexity index is 984. The summed E-state index contributed by atoms with van der Waals surface area (Å²) in [6.45, 7) is 1.28. The summed E-state index contributed by atoms with van der Waals surface area (Å²) in [4.78, 5) is 27.7. The molecule has 0 radical (unpaired) electrons. The fourth-order valence-electron chi connectivity index (χ4n) is 3.17. The van der Waals surface area contributed by atoms with E-state index in [1.54, 1.807) is 12.1 Å². The van der Waals surface area contributed by atoms with Crippen molar-refractivity contribution in [2.75, 3.05) is 11.9 Å². The first kappa shape index (κ1) is 17.9. The van der Waals surface area contributed by atoms with Crippen molar-refractivity contribution in [2.45, 2.75) is 13.0 Å². The first-order valence-electron chi connectivity index (χ1n) is 8.61. The number of carbonyl (C=O) groups excluding carboxylic acids is 2. The van der Waals surface area contributed by atoms with Gasteiger partial charge < -0.3 is 10.2 Å². The molecule has 2 aromatic carbocycles. The van der Waals surface area contributed by atoms with E-state index in [9.17, 15) is 9.59 Å². The molecule has 1 aliphatic heterocycles. The van der Waals surface area contributed by atoms with Crippen molar-refractivity contribution in [3.63, 3.8) is 0 Å². The number of nitrogens with one attached hydrogen (secondary N) is 1. The number of amides is 2. The average Bonchev–Trinajstić information content (AvgIpc) is 3.22. The van der Waals surface area contributed by atoms with Gasteiger partial charge in [0.25, 0.3) is 11.8 Å². The van der Waals surface area contributed by atoms with Gasteiger partial charge >= 0.3 is 0 Å². The zero-order chi connectivity index (χ0) is 18.8. The van der Waals surface area contributed by atoms with Gasteiger partial charge in [-0.15, -0.1) is 11.3 Å². The van der Waals surface area contributed by atoms with Crippen molar-refractivity contribution in [3.05, 3.63) is 86.0 Å². The minimum Gasteiger partial charge on any atom is -0.333 e. The van der Waals surface area contributed by atoms with E-state index in [4.69, 9.17) is 0 Å². The van der Waals surface area contributed by atoms with Crippen LogP contribution in [0.3, 0.4) is 0 Å². The number of hydrogen-bond acceptors (Lipinski definition) is 3. The fourth-order valence-corrected chi connectivity index (χ4v) is 4.12. The molecule has 0 saturated heterocycles. The van der Waals surface area contributed by atoms with Gasteiger partial charge in [-0.2, -0.15) is 0 Å². The van der Waals surface area contributed by atoms with E-state index in [0.29, 0.717) is 18.7 Å². The fraction of sp³-hybridized carbons (Fsp3) is 0.143. The first-order chi connectivity index (χ1) is 13.1. The molecule has 0 spiro atoms. The second-order valence-electron chi connectivity index (χ2n) is 6.40. The third-order valence-electron chi connectivity index (χ3n) is 4.60. The molecule has 0 aliphatic carbocycles. The van der Waals surface area contributed by atoms with E-state index in [2.05, 4.69) is 21.2 Å². The number of benzene rings is 2. The van der Waals surface area contributed by atoms with Gasteiger partial charge in [0.05, 0.1) is 4.88 Å². The van der Waals surface area contributed by atoms with Gasteiger partial charge in [-0.25, -0.2) is 0 Å². The van der Waals surface area contributed by atoms with Crippen LogP contribution in [0.25, 0.3) is 0 Å². The summed E-state index contributed by atoms with van der Waals surface area (Å²) in [5, 5.41) is 4.86. The van der Waals surface area contributed by atoms with Crippen LogP contribution in [0.4, 0.5) is 5.69 Å². The van der Waals surface area contributed by atoms with Crippen LogP contribution in [0.5, 0.6) is 0 Å². The standard InChI is InChI=1S/C21H17BrN2O2S/c22-17-6-3-15(4-7-17)20(25)23-18-8-5-14-9-10-24(13-16(14)12-18)21(26)19-2-1-11-27-19/h1-8,11-12H,9-10,13H2,(H,23,25). The summed E-state index contributed by atoms with van der Waals surface area (Å²) in [6, 6.07) is 16.9. The Balaban J connectivity index is 1.50. The van der Waals surface area contributed by atoms with E-state index >= 15 is 0 Å². The van der Waals surface area contributed by atoms with Crippen molar-refractivity contribution in [1.82, 2.24) is 4.90 Å². The smallest absolute Gasteiger partial charge is 0.264 e. The van der Waals surface area contributed by atoms with Crippen LogP contribution in [0.2, 0.25) is 0 Å². The summed E-state index contributed by atoms with van der Waals surface area (Å²) in [5.74, 6) is -0.0790. The summed E-state index contributed by atoms with van der Waals surface area (Å²) < 4.78 is 0.934. The molecule has 1 aromatic heterocycles. The molecule has 4 nitrogen and oxygen atoms in total. The molecule has 4 rings (SSSR count). The Labute approximate surface area is 170 Å². The molecule has 1 aliphatic rings. The van der Waals surface area contributed by atoms with Crippen molar-refractivity contribution < 1.29 is 9.59 Å². The van der Waals surface area contributed by atoms with Crippen LogP contribution in [0, 0.1) is 0 Å². The van der Waals surface area contributed by atoms with Crippen LogP contribution >= 0.6 is 27.3 Å². The molecule has 0 fully saturated rings. The Kier molecular flexibility index (Phi) is 5.09. The summed E-state index contributed by atoms with van der Waals surface area (Å²) >= 11 is 4.84. The Hall–Kier alpha value is -2.44. The number of anilines is 1. The molecule has 0 bridgehead atoms. The van der Waals surface area contributed by atoms with Crippen molar-refractivity contribution in [2.24, 2.45) is 0 Å². The second-order valence-corrected chi connectivity index (χ2v) is 8.26. The highest BCUT2D eigenvalue weighted by molar-refractivity contribution is 9.10. The molecule has 1 N–H and O–H groups in total. The van der Waals surface area contributed by atoms with E-state index in [1.807, 2.05) is 52.7 Å². The highest BCUT2D eigenvalue weighted by atomic mass is 79.9. The number of thiophene rings is 1. The van der Waals surface area contributed by atoms with Gasteiger partial charge in [-0.05, 0) is 65.4 Å². The van der Waals surface area contributed by atoms with Crippen LogP contribution in [0.1, 0.15) is 31.2 Å². The number of fused-ring (bicyclic) bond motifs is 1. The van der Waals surface area contributed by atoms with Crippen LogP contribution in [-0.4, -0.2) is 23.3 Å². The zero-order valence-electron chi connectivity index (χ0n) is 14.4. The zero-order valence-corrected chi connectivity index (χ0v) is 16.8. The molecule has 136 valence electrons. The topological polar surface area (TPSA) is 49.4 Å². The summed E-state index contributed by atoms with van der Waals surface area (Å²) in [7, 11) is 0. The number of hydrogen-bond donors (Lipinski definition) is 1. The van der Waals surface area contributed by atoms with E-state index in [1.165, 1.54) is 16.9 Å². The molecular weight excluding hydrogens is 424 g/mol. The molecule has 27 heavy (non-hydrogen) atoms. The van der Waals surface area contributed by atoms with Crippen LogP contribution in [-0.2, 0) is 13.0 Å². The Morgan fingerprint density at radius 3 is 2.59 bits per heavy atom. The van der Waals surface area contributed by atoms with Gasteiger partial charge in [0.1, 0.15) is 0 Å². The number of nitrogens with zero attached hydrogens (tertiary/aromatic N) is 1. The van der Waals surface area contributed by atoms with E-state index < -0.39 is 0 Å². The second kappa shape index (κ2) is 7.66. The maximum Gasteiger partial charge on any atom is 0.264 e. The minimum atomic E-state index is -0.148. The Morgan fingerprint density at radius 1 is 1.04 bits per heavy atom. The summed E-state index contributed by atoms with van der Waals surface area (Å²) in [6.07, 6.45) is 0.827. The lowest BCUT2D eigenvalue weighted by Crippen LogP contribution is -2.35. The average molecular weight is 441 g/mol. The molecule has 0 atom stereocenters. The monoisotopic (exact) mass is 440 g/mol. The lowest BCUT2D eigenvalue weighted by molar-refractivity contribution is 0.0739. The molecule has 0 saturated carbocycles. The largest absolute Gasteiger partial charge is 0.333 e. The third kappa shape index (κ3) is 3.96. The van der Waals surface area contributed by atoms with Gasteiger partial charge in [-0.1, -0.05) is 28.1 Å². The lowest BCUT2D eigenvalue weighted by Gasteiger charge is -2.29. The molecule has 6 heteroatoms. The van der Waals surface area contributed by atoms with Crippen molar-refractivity contribution in [3.8, 4) is 0 Å². The third-order valence-corrected chi connectivity index (χ3v) is 5.99. The first-order valence-corrected chi connectivity index (χ1v) is 10.3. The predicted molar refractivity (Wildman–Crippen MR) is 111 cm³/mol. The van der Waals surface area contributed by atoms with Gasteiger partial charge in [0.15, 0.2) is 0 Å². The molecule has 0 unspecified atom stereocenters. The van der Waals surface area contributed by atoms with Crippen molar-refractivity contribution in [1.29, 1.82) is 0 Å². The number of halogens is 1. The van der Waals surface area contributed by atoms with E-state index in [0.717, 1.165) is 27.0 Å². The molecule has 2 amide bonds. The van der Waals surface area contributed by atoms with E-state index in [-0.39, 0.29) is 11.8 Å². The minimum absolute atomic E-state index is 0.0694. The number of rotatable bonds is 3. The lowest BCUT2D eigenvalue weighted by atomic mass is 9.98. The maximum atomic E-state index is 12.6. The molecule has 2 heterocycles. The van der Waals surface area contributed by atoms with Gasteiger partial charge in [0, 0.05) is 28.8 Å². The van der Waals surface area contributed by atoms with Crippen LogP contribution in [0.15, 0.2) is 64.5 Å². The normalized spacial score (nSPS) is 13.1. The highest BCUT2D eigenvalue weighted by Crippen LogP contribution is 2.25. The quantitative estimate of drug-likeness (QED) is 0.625. The van der Waals surface area contributed by atoms with Crippen LogP contribution < -0.4 is 5.32 Å².